The lowest BCUT2D eigenvalue weighted by molar-refractivity contribution is -0.00983. The monoisotopic (exact) mass is 260 g/mol. The van der Waals surface area contributed by atoms with Crippen LogP contribution in [0.3, 0.4) is 0 Å². The van der Waals surface area contributed by atoms with Gasteiger partial charge < -0.3 is 10.4 Å². The summed E-state index contributed by atoms with van der Waals surface area (Å²) in [6, 6.07) is 1.65. The van der Waals surface area contributed by atoms with Crippen LogP contribution in [0.2, 0.25) is 0 Å². The Morgan fingerprint density at radius 1 is 1.64 bits per heavy atom. The topological polar surface area (TPSA) is 45.2 Å². The molecule has 1 aliphatic heterocycles. The lowest BCUT2D eigenvalue weighted by Gasteiger charge is -2.37. The maximum absolute atomic E-state index is 13.2. The summed E-state index contributed by atoms with van der Waals surface area (Å²) >= 11 is 3.22. The first-order chi connectivity index (χ1) is 6.59. The molecule has 1 aromatic rings. The van der Waals surface area contributed by atoms with E-state index in [1.54, 1.807) is 6.07 Å². The molecule has 0 bridgehead atoms. The molecule has 2 rings (SSSR count). The van der Waals surface area contributed by atoms with Crippen LogP contribution < -0.4 is 5.32 Å². The molecule has 76 valence electrons. The molecule has 5 heteroatoms. The maximum Gasteiger partial charge on any atom is 0.216 e. The first-order valence-corrected chi connectivity index (χ1v) is 5.11. The first-order valence-electron chi connectivity index (χ1n) is 4.32. The van der Waals surface area contributed by atoms with E-state index in [2.05, 4.69) is 26.2 Å². The van der Waals surface area contributed by atoms with Crippen molar-refractivity contribution < 1.29 is 9.50 Å². The van der Waals surface area contributed by atoms with Crippen molar-refractivity contribution in [2.45, 2.75) is 12.0 Å². The summed E-state index contributed by atoms with van der Waals surface area (Å²) in [5, 5.41) is 12.8. The van der Waals surface area contributed by atoms with Crippen molar-refractivity contribution in [3.63, 3.8) is 0 Å². The smallest absolute Gasteiger partial charge is 0.216 e. The van der Waals surface area contributed by atoms with Gasteiger partial charge in [0.25, 0.3) is 0 Å². The van der Waals surface area contributed by atoms with Crippen molar-refractivity contribution >= 4 is 15.9 Å². The lowest BCUT2D eigenvalue weighted by atomic mass is 9.90. The number of nitrogens with one attached hydrogen (secondary N) is 1. The number of hydrogen-bond donors (Lipinski definition) is 2. The zero-order valence-corrected chi connectivity index (χ0v) is 9.01. The highest BCUT2D eigenvalue weighted by atomic mass is 79.9. The zero-order chi connectivity index (χ0) is 10.2. The molecule has 1 fully saturated rings. The van der Waals surface area contributed by atoms with Crippen LogP contribution in [0.4, 0.5) is 4.39 Å². The van der Waals surface area contributed by atoms with Gasteiger partial charge in [-0.25, -0.2) is 4.98 Å². The normalized spacial score (nSPS) is 19.1. The summed E-state index contributed by atoms with van der Waals surface area (Å²) in [4.78, 5) is 3.58. The van der Waals surface area contributed by atoms with Gasteiger partial charge in [0, 0.05) is 35.7 Å². The third kappa shape index (κ3) is 1.94. The fourth-order valence-electron chi connectivity index (χ4n) is 1.48. The third-order valence-electron chi connectivity index (χ3n) is 2.31. The standard InChI is InChI=1S/C9H10BrFN2O/c10-7-1-6(8(11)13-3-7)2-9(14)4-12-5-9/h1,3,12,14H,2,4-5H2. The summed E-state index contributed by atoms with van der Waals surface area (Å²) in [7, 11) is 0. The van der Waals surface area contributed by atoms with Gasteiger partial charge in [-0.2, -0.15) is 4.39 Å². The highest BCUT2D eigenvalue weighted by molar-refractivity contribution is 9.10. The van der Waals surface area contributed by atoms with Crippen LogP contribution in [0.15, 0.2) is 16.7 Å². The van der Waals surface area contributed by atoms with E-state index in [-0.39, 0.29) is 0 Å². The van der Waals surface area contributed by atoms with E-state index < -0.39 is 11.5 Å². The molecular formula is C9H10BrFN2O. The van der Waals surface area contributed by atoms with Crippen LogP contribution in [0.5, 0.6) is 0 Å². The van der Waals surface area contributed by atoms with E-state index >= 15 is 0 Å². The molecule has 0 unspecified atom stereocenters. The number of β-amino-alcohol motifs (C(OH)–C–C–N with tert-alkyl or cyclic N) is 1. The molecule has 1 aliphatic rings. The van der Waals surface area contributed by atoms with Gasteiger partial charge in [0.1, 0.15) is 0 Å². The summed E-state index contributed by atoms with van der Waals surface area (Å²) < 4.78 is 13.9. The molecule has 14 heavy (non-hydrogen) atoms. The second-order valence-corrected chi connectivity index (χ2v) is 4.52. The van der Waals surface area contributed by atoms with Crippen LogP contribution >= 0.6 is 15.9 Å². The van der Waals surface area contributed by atoms with E-state index in [1.165, 1.54) is 6.20 Å². The Morgan fingerprint density at radius 2 is 2.36 bits per heavy atom. The number of nitrogens with zero attached hydrogens (tertiary/aromatic N) is 1. The molecule has 1 aromatic heterocycles. The van der Waals surface area contributed by atoms with Crippen molar-refractivity contribution in [3.05, 3.63) is 28.2 Å². The fourth-order valence-corrected chi connectivity index (χ4v) is 1.86. The van der Waals surface area contributed by atoms with Gasteiger partial charge in [-0.1, -0.05) is 0 Å². The molecule has 0 spiro atoms. The Balaban J connectivity index is 2.19. The average molecular weight is 261 g/mol. The highest BCUT2D eigenvalue weighted by Gasteiger charge is 2.35. The Morgan fingerprint density at radius 3 is 2.93 bits per heavy atom. The Bertz CT molecular complexity index is 355. The first kappa shape index (κ1) is 10.0. The van der Waals surface area contributed by atoms with Gasteiger partial charge in [0.15, 0.2) is 0 Å². The summed E-state index contributed by atoms with van der Waals surface area (Å²) in [6.45, 7) is 1.03. The third-order valence-corrected chi connectivity index (χ3v) is 2.74. The Kier molecular flexibility index (Phi) is 2.55. The van der Waals surface area contributed by atoms with Crippen LogP contribution in [-0.2, 0) is 6.42 Å². The molecule has 3 nitrogen and oxygen atoms in total. The number of halogens is 2. The molecule has 0 aliphatic carbocycles. The number of aromatic nitrogens is 1. The molecule has 2 heterocycles. The van der Waals surface area contributed by atoms with Crippen molar-refractivity contribution in [2.24, 2.45) is 0 Å². The van der Waals surface area contributed by atoms with Crippen LogP contribution in [-0.4, -0.2) is 28.8 Å². The van der Waals surface area contributed by atoms with Crippen molar-refractivity contribution in [1.29, 1.82) is 0 Å². The van der Waals surface area contributed by atoms with E-state index in [4.69, 9.17) is 0 Å². The predicted octanol–water partition coefficient (Wildman–Crippen LogP) is 0.860. The maximum atomic E-state index is 13.2. The molecule has 0 radical (unpaired) electrons. The number of aliphatic hydroxyl groups is 1. The van der Waals surface area contributed by atoms with E-state index in [9.17, 15) is 9.50 Å². The van der Waals surface area contributed by atoms with Gasteiger partial charge in [-0.3, -0.25) is 0 Å². The lowest BCUT2D eigenvalue weighted by Crippen LogP contribution is -2.60. The van der Waals surface area contributed by atoms with Crippen molar-refractivity contribution in [3.8, 4) is 0 Å². The number of rotatable bonds is 2. The van der Waals surface area contributed by atoms with E-state index in [1.807, 2.05) is 0 Å². The van der Waals surface area contributed by atoms with Gasteiger partial charge >= 0.3 is 0 Å². The SMILES string of the molecule is OC1(Cc2cc(Br)cnc2F)CNC1. The molecular weight excluding hydrogens is 251 g/mol. The Labute approximate surface area is 89.5 Å². The Hall–Kier alpha value is -0.520. The predicted molar refractivity (Wildman–Crippen MR) is 53.4 cm³/mol. The molecule has 0 aromatic carbocycles. The minimum absolute atomic E-state index is 0.304. The molecule has 0 saturated carbocycles. The molecule has 0 amide bonds. The largest absolute Gasteiger partial charge is 0.387 e. The second-order valence-electron chi connectivity index (χ2n) is 3.61. The van der Waals surface area contributed by atoms with Gasteiger partial charge in [-0.05, 0) is 22.0 Å². The highest BCUT2D eigenvalue weighted by Crippen LogP contribution is 2.21. The van der Waals surface area contributed by atoms with Gasteiger partial charge in [0.2, 0.25) is 5.95 Å². The van der Waals surface area contributed by atoms with Crippen LogP contribution in [0, 0.1) is 5.95 Å². The minimum atomic E-state index is -0.802. The van der Waals surface area contributed by atoms with Crippen LogP contribution in [0.1, 0.15) is 5.56 Å². The molecule has 2 N–H and O–H groups in total. The van der Waals surface area contributed by atoms with Crippen molar-refractivity contribution in [2.75, 3.05) is 13.1 Å². The number of pyridine rings is 1. The fraction of sp³-hybridized carbons (Fsp3) is 0.444. The number of hydrogen-bond acceptors (Lipinski definition) is 3. The summed E-state index contributed by atoms with van der Waals surface area (Å²) in [6.07, 6.45) is 1.71. The average Bonchev–Trinajstić information content (AvgIpc) is 2.09. The second kappa shape index (κ2) is 3.56. The van der Waals surface area contributed by atoms with Crippen LogP contribution in [0.25, 0.3) is 0 Å². The van der Waals surface area contributed by atoms with E-state index in [0.717, 1.165) is 4.47 Å². The molecule has 1 saturated heterocycles. The quantitative estimate of drug-likeness (QED) is 0.776. The zero-order valence-electron chi connectivity index (χ0n) is 7.43. The summed E-state index contributed by atoms with van der Waals surface area (Å²) in [5.74, 6) is -0.506. The molecule has 0 atom stereocenters. The van der Waals surface area contributed by atoms with Gasteiger partial charge in [-0.15, -0.1) is 0 Å². The summed E-state index contributed by atoms with van der Waals surface area (Å²) in [5.41, 5.74) is -0.355. The van der Waals surface area contributed by atoms with E-state index in [0.29, 0.717) is 25.1 Å². The minimum Gasteiger partial charge on any atom is -0.387 e. The van der Waals surface area contributed by atoms with Crippen molar-refractivity contribution in [1.82, 2.24) is 10.3 Å². The van der Waals surface area contributed by atoms with Gasteiger partial charge in [0.05, 0.1) is 5.60 Å².